The number of unbranched alkanes of at least 4 members (excludes halogenated alkanes) is 5. The van der Waals surface area contributed by atoms with Gasteiger partial charge in [-0.25, -0.2) is 9.13 Å². The van der Waals surface area contributed by atoms with Gasteiger partial charge in [0.05, 0.1) is 13.6 Å². The first-order valence-corrected chi connectivity index (χ1v) is 14.1. The Hall–Kier alpha value is -3.07. The molecule has 0 spiro atoms. The van der Waals surface area contributed by atoms with E-state index in [1.807, 2.05) is 0 Å². The summed E-state index contributed by atoms with van der Waals surface area (Å²) < 4.78 is 4.36. The fourth-order valence-electron chi connectivity index (χ4n) is 5.18. The molecule has 4 rings (SSSR count). The van der Waals surface area contributed by atoms with Gasteiger partial charge < -0.3 is 7.85 Å². The predicted octanol–water partition coefficient (Wildman–Crippen LogP) is 8.06. The van der Waals surface area contributed by atoms with Gasteiger partial charge in [-0.05, 0) is 36.0 Å². The third kappa shape index (κ3) is 8.49. The van der Waals surface area contributed by atoms with Gasteiger partial charge in [-0.1, -0.05) is 130 Å². The molecule has 1 aromatic heterocycles. The van der Waals surface area contributed by atoms with E-state index in [4.69, 9.17) is 7.85 Å². The summed E-state index contributed by atoms with van der Waals surface area (Å²) >= 11 is 0. The van der Waals surface area contributed by atoms with Crippen molar-refractivity contribution >= 4 is 7.85 Å². The van der Waals surface area contributed by atoms with Gasteiger partial charge in [0.15, 0.2) is 0 Å². The number of benzene rings is 3. The van der Waals surface area contributed by atoms with Gasteiger partial charge in [-0.2, -0.15) is 0 Å². The van der Waals surface area contributed by atoms with Crippen LogP contribution in [-0.2, 0) is 19.0 Å². The molecule has 3 heteroatoms. The normalized spacial score (nSPS) is 11.1. The number of nitrogens with zero attached hydrogens (tertiary/aromatic N) is 2. The molecule has 3 radical (unpaired) electrons. The maximum Gasteiger partial charge on any atom is 0.243 e. The third-order valence-corrected chi connectivity index (χ3v) is 7.15. The van der Waals surface area contributed by atoms with Crippen LogP contribution in [0.2, 0.25) is 6.32 Å². The molecule has 0 atom stereocenters. The van der Waals surface area contributed by atoms with Crippen LogP contribution in [0.3, 0.4) is 0 Å². The van der Waals surface area contributed by atoms with Crippen LogP contribution < -0.4 is 4.57 Å². The van der Waals surface area contributed by atoms with Crippen molar-refractivity contribution in [3.05, 3.63) is 126 Å². The maximum atomic E-state index is 5.87. The van der Waals surface area contributed by atoms with Crippen molar-refractivity contribution in [2.75, 3.05) is 0 Å². The zero-order chi connectivity index (χ0) is 26.2. The SMILES string of the molecule is CCCCCCCCn1cc[n+](C)c1.[B-]CCCC(c1ccccc1)(c1ccccc1)c1ccccc1. The number of aryl methyl sites for hydroxylation is 2. The second-order valence-corrected chi connectivity index (χ2v) is 9.98. The van der Waals surface area contributed by atoms with Crippen molar-refractivity contribution in [3.8, 4) is 0 Å². The minimum atomic E-state index is -0.150. The number of hydrogen-bond acceptors (Lipinski definition) is 0. The summed E-state index contributed by atoms with van der Waals surface area (Å²) in [5, 5.41) is 0. The quantitative estimate of drug-likeness (QED) is 0.0774. The highest BCUT2D eigenvalue weighted by Gasteiger charge is 2.34. The summed E-state index contributed by atoms with van der Waals surface area (Å²) in [4.78, 5) is 0. The Morgan fingerprint density at radius 1 is 0.676 bits per heavy atom. The van der Waals surface area contributed by atoms with Crippen molar-refractivity contribution in [2.24, 2.45) is 7.05 Å². The molecule has 0 aliphatic heterocycles. The fraction of sp³-hybridized carbons (Fsp3) is 0.382. The number of rotatable bonds is 13. The lowest BCUT2D eigenvalue weighted by atomic mass is 9.66. The molecule has 3 aromatic carbocycles. The first-order chi connectivity index (χ1) is 18.2. The van der Waals surface area contributed by atoms with Crippen LogP contribution in [0.15, 0.2) is 110 Å². The Labute approximate surface area is 226 Å². The van der Waals surface area contributed by atoms with E-state index in [0.717, 1.165) is 12.8 Å². The summed E-state index contributed by atoms with van der Waals surface area (Å²) in [6.45, 7) is 3.44. The van der Waals surface area contributed by atoms with E-state index < -0.39 is 0 Å². The highest BCUT2D eigenvalue weighted by Crippen LogP contribution is 2.43. The van der Waals surface area contributed by atoms with E-state index >= 15 is 0 Å². The molecule has 0 aliphatic rings. The summed E-state index contributed by atoms with van der Waals surface area (Å²) in [5.74, 6) is 0. The van der Waals surface area contributed by atoms with Gasteiger partial charge in [0.1, 0.15) is 12.4 Å². The number of aromatic nitrogens is 2. The van der Waals surface area contributed by atoms with E-state index in [9.17, 15) is 0 Å². The Kier molecular flexibility index (Phi) is 12.3. The number of imidazole rings is 1. The van der Waals surface area contributed by atoms with Gasteiger partial charge in [0.2, 0.25) is 6.33 Å². The average molecular weight is 492 g/mol. The molecule has 4 aromatic rings. The van der Waals surface area contributed by atoms with E-state index in [0.29, 0.717) is 6.32 Å². The smallest absolute Gasteiger partial charge is 0.243 e. The highest BCUT2D eigenvalue weighted by molar-refractivity contribution is 6.08. The van der Waals surface area contributed by atoms with Crippen LogP contribution in [0.4, 0.5) is 0 Å². The standard InChI is InChI=1S/C22H21B.C12H23N2/c23-18-10-17-22(19-11-4-1-5-12-19,20-13-6-2-7-14-20)21-15-8-3-9-16-21;1-3-4-5-6-7-8-9-14-11-10-13(2)12-14/h1-9,11-16H,10,17-18H2;10-12H,3-9H2,1-2H3/q-1;+1. The molecule has 0 aliphatic carbocycles. The molecule has 0 amide bonds. The molecular weight excluding hydrogens is 447 g/mol. The van der Waals surface area contributed by atoms with Crippen molar-refractivity contribution < 1.29 is 4.57 Å². The molecule has 0 saturated carbocycles. The molecule has 0 saturated heterocycles. The van der Waals surface area contributed by atoms with Gasteiger partial charge in [0, 0.05) is 5.41 Å². The lowest BCUT2D eigenvalue weighted by molar-refractivity contribution is -0.671. The molecule has 37 heavy (non-hydrogen) atoms. The van der Waals surface area contributed by atoms with Crippen LogP contribution in [0.25, 0.3) is 0 Å². The molecule has 193 valence electrons. The summed E-state index contributed by atoms with van der Waals surface area (Å²) in [7, 11) is 7.94. The molecule has 2 nitrogen and oxygen atoms in total. The minimum absolute atomic E-state index is 0.150. The van der Waals surface area contributed by atoms with Crippen LogP contribution in [0.5, 0.6) is 0 Å². The largest absolute Gasteiger partial charge is 0.626 e. The van der Waals surface area contributed by atoms with Crippen molar-refractivity contribution in [3.63, 3.8) is 0 Å². The topological polar surface area (TPSA) is 8.81 Å². The highest BCUT2D eigenvalue weighted by atomic mass is 15.1. The molecule has 0 bridgehead atoms. The van der Waals surface area contributed by atoms with Crippen LogP contribution in [-0.4, -0.2) is 12.4 Å². The van der Waals surface area contributed by atoms with E-state index in [2.05, 4.69) is 133 Å². The fourth-order valence-corrected chi connectivity index (χ4v) is 5.18. The minimum Gasteiger partial charge on any atom is -0.626 e. The first-order valence-electron chi connectivity index (χ1n) is 14.1. The Morgan fingerprint density at radius 3 is 1.59 bits per heavy atom. The Morgan fingerprint density at radius 2 is 1.16 bits per heavy atom. The average Bonchev–Trinajstić information content (AvgIpc) is 3.38. The predicted molar refractivity (Wildman–Crippen MR) is 158 cm³/mol. The van der Waals surface area contributed by atoms with Crippen LogP contribution >= 0.6 is 0 Å². The lowest BCUT2D eigenvalue weighted by Gasteiger charge is -2.37. The summed E-state index contributed by atoms with van der Waals surface area (Å²) in [6.07, 6.45) is 17.3. The van der Waals surface area contributed by atoms with Crippen molar-refractivity contribution in [1.29, 1.82) is 0 Å². The van der Waals surface area contributed by atoms with Crippen LogP contribution in [0.1, 0.15) is 75.0 Å². The van der Waals surface area contributed by atoms with Crippen molar-refractivity contribution in [1.82, 2.24) is 4.57 Å². The zero-order valence-electron chi connectivity index (χ0n) is 22.9. The van der Waals surface area contributed by atoms with Crippen LogP contribution in [0, 0.1) is 0 Å². The van der Waals surface area contributed by atoms with E-state index in [-0.39, 0.29) is 5.41 Å². The van der Waals surface area contributed by atoms with Gasteiger partial charge in [0.25, 0.3) is 0 Å². The van der Waals surface area contributed by atoms with Gasteiger partial charge in [-0.15, -0.1) is 0 Å². The van der Waals surface area contributed by atoms with Crippen molar-refractivity contribution in [2.45, 2.75) is 76.6 Å². The Balaban J connectivity index is 0.000000233. The molecule has 0 unspecified atom stereocenters. The molecule has 0 N–H and O–H groups in total. The van der Waals surface area contributed by atoms with E-state index in [1.165, 1.54) is 61.8 Å². The number of hydrogen-bond donors (Lipinski definition) is 0. The second kappa shape index (κ2) is 15.9. The third-order valence-electron chi connectivity index (χ3n) is 7.15. The Bertz CT molecular complexity index is 1010. The van der Waals surface area contributed by atoms with Gasteiger partial charge in [-0.3, -0.25) is 6.32 Å². The molecule has 1 heterocycles. The molecule has 0 fully saturated rings. The summed E-state index contributed by atoms with van der Waals surface area (Å²) in [5.41, 5.74) is 3.82. The maximum absolute atomic E-state index is 5.87. The lowest BCUT2D eigenvalue weighted by Crippen LogP contribution is -2.29. The van der Waals surface area contributed by atoms with E-state index in [1.54, 1.807) is 0 Å². The second-order valence-electron chi connectivity index (χ2n) is 9.98. The van der Waals surface area contributed by atoms with Gasteiger partial charge >= 0.3 is 0 Å². The zero-order valence-corrected chi connectivity index (χ0v) is 22.9. The monoisotopic (exact) mass is 491 g/mol. The summed E-state index contributed by atoms with van der Waals surface area (Å²) in [6, 6.07) is 32.4. The molecular formula is C34H44BN2. The first kappa shape index (κ1) is 28.5.